The smallest absolute Gasteiger partial charge is 0.237 e. The van der Waals surface area contributed by atoms with Gasteiger partial charge in [-0.1, -0.05) is 40.7 Å². The van der Waals surface area contributed by atoms with E-state index >= 15 is 0 Å². The lowest BCUT2D eigenvalue weighted by atomic mass is 10.2. The molecule has 0 spiro atoms. The zero-order valence-electron chi connectivity index (χ0n) is 12.4. The summed E-state index contributed by atoms with van der Waals surface area (Å²) < 4.78 is 7.35. The first-order chi connectivity index (χ1) is 11.2. The quantitative estimate of drug-likeness (QED) is 0.655. The van der Waals surface area contributed by atoms with Gasteiger partial charge in [0.2, 0.25) is 11.7 Å². The first-order valence-electron chi connectivity index (χ1n) is 7.32. The van der Waals surface area contributed by atoms with Crippen molar-refractivity contribution in [2.24, 2.45) is 7.05 Å². The van der Waals surface area contributed by atoms with Gasteiger partial charge in [0.15, 0.2) is 5.16 Å². The summed E-state index contributed by atoms with van der Waals surface area (Å²) in [5.41, 5.74) is 0.767. The summed E-state index contributed by atoms with van der Waals surface area (Å²) in [6, 6.07) is 7.44. The van der Waals surface area contributed by atoms with E-state index in [1.165, 1.54) is 24.6 Å². The van der Waals surface area contributed by atoms with Gasteiger partial charge >= 0.3 is 0 Å². The highest BCUT2D eigenvalue weighted by atomic mass is 35.5. The van der Waals surface area contributed by atoms with Crippen LogP contribution in [-0.2, 0) is 12.8 Å². The molecule has 118 valence electrons. The summed E-state index contributed by atoms with van der Waals surface area (Å²) in [7, 11) is 2.00. The third-order valence-electron chi connectivity index (χ3n) is 3.72. The van der Waals surface area contributed by atoms with Crippen molar-refractivity contribution in [1.29, 1.82) is 0 Å². The Hall–Kier alpha value is -1.86. The van der Waals surface area contributed by atoms with Crippen LogP contribution < -0.4 is 0 Å². The molecule has 2 heterocycles. The molecule has 0 atom stereocenters. The summed E-state index contributed by atoms with van der Waals surface area (Å²) >= 11 is 7.69. The van der Waals surface area contributed by atoms with Gasteiger partial charge in [-0.15, -0.1) is 10.2 Å². The van der Waals surface area contributed by atoms with E-state index in [9.17, 15) is 0 Å². The van der Waals surface area contributed by atoms with Gasteiger partial charge in [0.05, 0.1) is 10.8 Å². The highest BCUT2D eigenvalue weighted by Gasteiger charge is 2.29. The fourth-order valence-electron chi connectivity index (χ4n) is 2.34. The maximum Gasteiger partial charge on any atom is 0.237 e. The molecule has 1 aliphatic rings. The first-order valence-corrected chi connectivity index (χ1v) is 8.68. The number of halogens is 1. The van der Waals surface area contributed by atoms with Gasteiger partial charge in [0.25, 0.3) is 0 Å². The van der Waals surface area contributed by atoms with Crippen molar-refractivity contribution in [2.45, 2.75) is 29.7 Å². The highest BCUT2D eigenvalue weighted by Crippen LogP contribution is 2.39. The largest absolute Gasteiger partial charge is 0.338 e. The fraction of sp³-hybridized carbons (Fsp3) is 0.333. The molecule has 1 fully saturated rings. The first kappa shape index (κ1) is 14.7. The van der Waals surface area contributed by atoms with Gasteiger partial charge in [-0.05, 0) is 25.0 Å². The number of rotatable bonds is 5. The molecule has 0 aliphatic heterocycles. The molecular weight excluding hydrogens is 334 g/mol. The normalized spacial score (nSPS) is 14.3. The van der Waals surface area contributed by atoms with Crippen molar-refractivity contribution in [1.82, 2.24) is 24.9 Å². The number of hydrogen-bond donors (Lipinski definition) is 0. The molecule has 8 heteroatoms. The molecule has 0 N–H and O–H groups in total. The predicted octanol–water partition coefficient (Wildman–Crippen LogP) is 3.69. The van der Waals surface area contributed by atoms with Gasteiger partial charge in [-0.2, -0.15) is 4.98 Å². The van der Waals surface area contributed by atoms with Crippen LogP contribution in [0.3, 0.4) is 0 Å². The molecule has 0 radical (unpaired) electrons. The summed E-state index contributed by atoms with van der Waals surface area (Å²) in [6.07, 6.45) is 2.42. The Morgan fingerprint density at radius 3 is 2.91 bits per heavy atom. The van der Waals surface area contributed by atoms with Crippen LogP contribution in [0.1, 0.15) is 30.5 Å². The van der Waals surface area contributed by atoms with Crippen LogP contribution in [0, 0.1) is 0 Å². The summed E-state index contributed by atoms with van der Waals surface area (Å²) in [5.74, 6) is 3.24. The van der Waals surface area contributed by atoms with Gasteiger partial charge in [0.1, 0.15) is 5.82 Å². The molecule has 0 unspecified atom stereocenters. The van der Waals surface area contributed by atoms with Crippen molar-refractivity contribution in [3.05, 3.63) is 41.0 Å². The Morgan fingerprint density at radius 1 is 1.30 bits per heavy atom. The predicted molar refractivity (Wildman–Crippen MR) is 87.3 cm³/mol. The Balaban J connectivity index is 1.47. The lowest BCUT2D eigenvalue weighted by Gasteiger charge is -2.00. The molecule has 0 saturated heterocycles. The standard InChI is InChI=1S/C15H14ClN5OS/c1-21-14(9-6-7-9)18-19-15(21)23-8-12-17-13(20-22-12)10-4-2-3-5-11(10)16/h2-5,9H,6-8H2,1H3. The van der Waals surface area contributed by atoms with E-state index in [1.807, 2.05) is 29.8 Å². The van der Waals surface area contributed by atoms with Crippen LogP contribution in [0.25, 0.3) is 11.4 Å². The Bertz CT molecular complexity index is 842. The lowest BCUT2D eigenvalue weighted by molar-refractivity contribution is 0.391. The molecule has 23 heavy (non-hydrogen) atoms. The van der Waals surface area contributed by atoms with Crippen LogP contribution in [0.4, 0.5) is 0 Å². The minimum absolute atomic E-state index is 0.503. The van der Waals surface area contributed by atoms with Crippen molar-refractivity contribution in [2.75, 3.05) is 0 Å². The molecule has 2 aromatic heterocycles. The number of thioether (sulfide) groups is 1. The van der Waals surface area contributed by atoms with E-state index in [4.69, 9.17) is 16.1 Å². The second-order valence-corrected chi connectivity index (χ2v) is 6.80. The lowest BCUT2D eigenvalue weighted by Crippen LogP contribution is -1.97. The molecular formula is C15H14ClN5OS. The number of hydrogen-bond acceptors (Lipinski definition) is 6. The number of aromatic nitrogens is 5. The van der Waals surface area contributed by atoms with Crippen molar-refractivity contribution in [3.63, 3.8) is 0 Å². The molecule has 0 bridgehead atoms. The molecule has 1 aromatic carbocycles. The van der Waals surface area contributed by atoms with Gasteiger partial charge in [0, 0.05) is 18.5 Å². The zero-order valence-corrected chi connectivity index (χ0v) is 14.0. The molecule has 1 aliphatic carbocycles. The summed E-state index contributed by atoms with van der Waals surface area (Å²) in [6.45, 7) is 0. The van der Waals surface area contributed by atoms with Crippen LogP contribution in [0.15, 0.2) is 33.9 Å². The summed E-state index contributed by atoms with van der Waals surface area (Å²) in [4.78, 5) is 4.40. The maximum atomic E-state index is 6.15. The third kappa shape index (κ3) is 2.98. The van der Waals surface area contributed by atoms with Crippen molar-refractivity contribution in [3.8, 4) is 11.4 Å². The molecule has 4 rings (SSSR count). The minimum atomic E-state index is 0.503. The fourth-order valence-corrected chi connectivity index (χ4v) is 3.32. The van der Waals surface area contributed by atoms with E-state index in [0.717, 1.165) is 16.5 Å². The van der Waals surface area contributed by atoms with E-state index in [0.29, 0.717) is 28.4 Å². The van der Waals surface area contributed by atoms with Crippen LogP contribution in [0.5, 0.6) is 0 Å². The molecule has 6 nitrogen and oxygen atoms in total. The van der Waals surface area contributed by atoms with Gasteiger partial charge < -0.3 is 9.09 Å². The van der Waals surface area contributed by atoms with Crippen LogP contribution >= 0.6 is 23.4 Å². The average molecular weight is 348 g/mol. The topological polar surface area (TPSA) is 69.6 Å². The van der Waals surface area contributed by atoms with E-state index in [2.05, 4.69) is 20.3 Å². The minimum Gasteiger partial charge on any atom is -0.338 e. The third-order valence-corrected chi connectivity index (χ3v) is 5.05. The van der Waals surface area contributed by atoms with Crippen molar-refractivity contribution >= 4 is 23.4 Å². The number of nitrogens with zero attached hydrogens (tertiary/aromatic N) is 5. The average Bonchev–Trinajstić information content (AvgIpc) is 3.17. The number of benzene rings is 1. The van der Waals surface area contributed by atoms with Gasteiger partial charge in [-0.3, -0.25) is 0 Å². The van der Waals surface area contributed by atoms with Crippen LogP contribution in [0.2, 0.25) is 5.02 Å². The Morgan fingerprint density at radius 2 is 2.13 bits per heavy atom. The maximum absolute atomic E-state index is 6.15. The molecule has 0 amide bonds. The van der Waals surface area contributed by atoms with Gasteiger partial charge in [-0.25, -0.2) is 0 Å². The van der Waals surface area contributed by atoms with E-state index < -0.39 is 0 Å². The van der Waals surface area contributed by atoms with Crippen molar-refractivity contribution < 1.29 is 4.52 Å². The molecule has 1 saturated carbocycles. The second-order valence-electron chi connectivity index (χ2n) is 5.45. The monoisotopic (exact) mass is 347 g/mol. The Labute approximate surface area is 142 Å². The van der Waals surface area contributed by atoms with E-state index in [-0.39, 0.29) is 0 Å². The Kier molecular flexibility index (Phi) is 3.82. The van der Waals surface area contributed by atoms with Crippen LogP contribution in [-0.4, -0.2) is 24.9 Å². The zero-order chi connectivity index (χ0) is 15.8. The highest BCUT2D eigenvalue weighted by molar-refractivity contribution is 7.98. The second kappa shape index (κ2) is 5.98. The summed E-state index contributed by atoms with van der Waals surface area (Å²) in [5, 5.41) is 14.0. The molecule has 3 aromatic rings. The van der Waals surface area contributed by atoms with E-state index in [1.54, 1.807) is 6.07 Å². The SMILES string of the molecule is Cn1c(SCc2nc(-c3ccccc3Cl)no2)nnc1C1CC1.